The van der Waals surface area contributed by atoms with Crippen LogP contribution < -0.4 is 0 Å². The highest BCUT2D eigenvalue weighted by atomic mass is 16.7. The quantitative estimate of drug-likeness (QED) is 0.350. The van der Waals surface area contributed by atoms with Gasteiger partial charge in [0.1, 0.15) is 12.4 Å². The van der Waals surface area contributed by atoms with Gasteiger partial charge in [0.25, 0.3) is 0 Å². The summed E-state index contributed by atoms with van der Waals surface area (Å²) < 4.78 is 20.6. The summed E-state index contributed by atoms with van der Waals surface area (Å²) in [5, 5.41) is 0. The van der Waals surface area contributed by atoms with Gasteiger partial charge in [0, 0.05) is 13.0 Å². The summed E-state index contributed by atoms with van der Waals surface area (Å²) in [6.07, 6.45) is 1.50. The number of methoxy groups -OCH3 is 1. The minimum atomic E-state index is -0.658. The lowest BCUT2D eigenvalue weighted by molar-refractivity contribution is -0.161. The van der Waals surface area contributed by atoms with E-state index in [9.17, 15) is 9.59 Å². The van der Waals surface area contributed by atoms with E-state index in [-0.39, 0.29) is 25.3 Å². The van der Waals surface area contributed by atoms with E-state index in [0.29, 0.717) is 25.9 Å². The van der Waals surface area contributed by atoms with Crippen molar-refractivity contribution in [1.82, 2.24) is 0 Å². The van der Waals surface area contributed by atoms with Crippen molar-refractivity contribution in [3.63, 3.8) is 0 Å². The van der Waals surface area contributed by atoms with Crippen molar-refractivity contribution in [3.05, 3.63) is 0 Å². The van der Waals surface area contributed by atoms with E-state index >= 15 is 0 Å². The molecule has 0 heterocycles. The Kier molecular flexibility index (Phi) is 9.28. The zero-order valence-corrected chi connectivity index (χ0v) is 14.7. The molecule has 22 heavy (non-hydrogen) atoms. The van der Waals surface area contributed by atoms with Crippen LogP contribution in [0, 0.1) is 5.41 Å². The fourth-order valence-electron chi connectivity index (χ4n) is 1.65. The Morgan fingerprint density at radius 2 is 1.68 bits per heavy atom. The molecule has 0 amide bonds. The molecule has 0 saturated heterocycles. The van der Waals surface area contributed by atoms with Crippen LogP contribution in [0.5, 0.6) is 0 Å². The molecular formula is C16H30O6. The predicted molar refractivity (Wildman–Crippen MR) is 82.3 cm³/mol. The molecule has 0 saturated carbocycles. The van der Waals surface area contributed by atoms with Gasteiger partial charge in [0.15, 0.2) is 0 Å². The van der Waals surface area contributed by atoms with Gasteiger partial charge in [0.05, 0.1) is 19.1 Å². The second-order valence-electron chi connectivity index (χ2n) is 6.47. The molecule has 1 unspecified atom stereocenters. The van der Waals surface area contributed by atoms with E-state index in [4.69, 9.17) is 18.9 Å². The Hall–Kier alpha value is -1.14. The normalized spacial score (nSPS) is 14.3. The number of esters is 2. The summed E-state index contributed by atoms with van der Waals surface area (Å²) in [6.45, 7) is 9.93. The number of carbonyl (C=O) groups excluding carboxylic acids is 2. The summed E-state index contributed by atoms with van der Waals surface area (Å²) in [6, 6.07) is 0. The highest BCUT2D eigenvalue weighted by Crippen LogP contribution is 2.23. The zero-order valence-electron chi connectivity index (χ0n) is 14.7. The Bertz CT molecular complexity index is 347. The van der Waals surface area contributed by atoms with Crippen LogP contribution in [0.25, 0.3) is 0 Å². The maximum Gasteiger partial charge on any atom is 0.313 e. The van der Waals surface area contributed by atoms with Crippen LogP contribution in [0.15, 0.2) is 0 Å². The van der Waals surface area contributed by atoms with Gasteiger partial charge in [-0.05, 0) is 40.5 Å². The van der Waals surface area contributed by atoms with Crippen molar-refractivity contribution in [3.8, 4) is 0 Å². The van der Waals surface area contributed by atoms with Crippen molar-refractivity contribution >= 4 is 11.9 Å². The minimum Gasteiger partial charge on any atom is -0.469 e. The van der Waals surface area contributed by atoms with Crippen LogP contribution in [0.3, 0.4) is 0 Å². The van der Waals surface area contributed by atoms with Crippen molar-refractivity contribution in [2.24, 2.45) is 5.41 Å². The Morgan fingerprint density at radius 3 is 2.18 bits per heavy atom. The van der Waals surface area contributed by atoms with Gasteiger partial charge in [-0.1, -0.05) is 6.92 Å². The van der Waals surface area contributed by atoms with Gasteiger partial charge in [0.2, 0.25) is 0 Å². The van der Waals surface area contributed by atoms with Crippen molar-refractivity contribution in [2.45, 2.75) is 59.5 Å². The largest absolute Gasteiger partial charge is 0.469 e. The maximum absolute atomic E-state index is 11.6. The highest BCUT2D eigenvalue weighted by Gasteiger charge is 2.32. The molecule has 0 aliphatic heterocycles. The van der Waals surface area contributed by atoms with Crippen molar-refractivity contribution in [2.75, 3.05) is 27.1 Å². The fraction of sp³-hybridized carbons (Fsp3) is 0.875. The van der Waals surface area contributed by atoms with Gasteiger partial charge in [-0.3, -0.25) is 9.59 Å². The molecule has 0 N–H and O–H groups in total. The standard InChI is InChI=1S/C16H30O6/c1-7-16(5,14(18)19-6)11-21-12-20-10-8-9-13(17)22-15(2,3)4/h7-12H2,1-6H3. The summed E-state index contributed by atoms with van der Waals surface area (Å²) in [4.78, 5) is 23.1. The first-order valence-corrected chi connectivity index (χ1v) is 7.60. The van der Waals surface area contributed by atoms with Crippen LogP contribution in [0.1, 0.15) is 53.9 Å². The number of hydrogen-bond donors (Lipinski definition) is 0. The zero-order chi connectivity index (χ0) is 17.2. The van der Waals surface area contributed by atoms with E-state index in [1.165, 1.54) is 7.11 Å². The van der Waals surface area contributed by atoms with Gasteiger partial charge in [-0.15, -0.1) is 0 Å². The third kappa shape index (κ3) is 9.00. The molecule has 0 bridgehead atoms. The summed E-state index contributed by atoms with van der Waals surface area (Å²) in [7, 11) is 1.36. The molecule has 6 nitrogen and oxygen atoms in total. The Morgan fingerprint density at radius 1 is 1.05 bits per heavy atom. The second kappa shape index (κ2) is 9.79. The van der Waals surface area contributed by atoms with Crippen LogP contribution >= 0.6 is 0 Å². The molecule has 1 atom stereocenters. The molecule has 0 rings (SSSR count). The third-order valence-electron chi connectivity index (χ3n) is 3.14. The first-order chi connectivity index (χ1) is 10.1. The molecule has 0 spiro atoms. The van der Waals surface area contributed by atoms with Gasteiger partial charge < -0.3 is 18.9 Å². The van der Waals surface area contributed by atoms with E-state index in [1.807, 2.05) is 27.7 Å². The van der Waals surface area contributed by atoms with E-state index in [1.54, 1.807) is 6.92 Å². The third-order valence-corrected chi connectivity index (χ3v) is 3.14. The summed E-state index contributed by atoms with van der Waals surface area (Å²) in [5.41, 5.74) is -1.12. The average Bonchev–Trinajstić information content (AvgIpc) is 2.43. The molecule has 130 valence electrons. The molecule has 0 aromatic rings. The first kappa shape index (κ1) is 20.9. The van der Waals surface area contributed by atoms with E-state index in [0.717, 1.165) is 0 Å². The molecule has 0 radical (unpaired) electrons. The van der Waals surface area contributed by atoms with Gasteiger partial charge >= 0.3 is 11.9 Å². The van der Waals surface area contributed by atoms with Crippen LogP contribution in [0.2, 0.25) is 0 Å². The summed E-state index contributed by atoms with van der Waals surface area (Å²) >= 11 is 0. The van der Waals surface area contributed by atoms with Crippen LogP contribution in [0.4, 0.5) is 0 Å². The molecule has 6 heteroatoms. The highest BCUT2D eigenvalue weighted by molar-refractivity contribution is 5.76. The smallest absolute Gasteiger partial charge is 0.313 e. The number of ether oxygens (including phenoxy) is 4. The van der Waals surface area contributed by atoms with Crippen molar-refractivity contribution < 1.29 is 28.5 Å². The molecule has 0 aliphatic carbocycles. The SMILES string of the molecule is CCC(C)(COCOCCCC(=O)OC(C)(C)C)C(=O)OC. The lowest BCUT2D eigenvalue weighted by atomic mass is 9.89. The van der Waals surface area contributed by atoms with Gasteiger partial charge in [-0.25, -0.2) is 0 Å². The predicted octanol–water partition coefficient (Wildman–Crippen LogP) is 2.69. The lowest BCUT2D eigenvalue weighted by Gasteiger charge is -2.24. The fourth-order valence-corrected chi connectivity index (χ4v) is 1.65. The maximum atomic E-state index is 11.6. The van der Waals surface area contributed by atoms with E-state index in [2.05, 4.69) is 0 Å². The number of carbonyl (C=O) groups is 2. The molecule has 0 aromatic heterocycles. The van der Waals surface area contributed by atoms with Gasteiger partial charge in [-0.2, -0.15) is 0 Å². The van der Waals surface area contributed by atoms with Crippen molar-refractivity contribution in [1.29, 1.82) is 0 Å². The second-order valence-corrected chi connectivity index (χ2v) is 6.47. The topological polar surface area (TPSA) is 71.1 Å². The number of hydrogen-bond acceptors (Lipinski definition) is 6. The molecule has 0 fully saturated rings. The van der Waals surface area contributed by atoms with Crippen LogP contribution in [-0.4, -0.2) is 44.7 Å². The Balaban J connectivity index is 3.74. The summed E-state index contributed by atoms with van der Waals surface area (Å²) in [5.74, 6) is -0.527. The monoisotopic (exact) mass is 318 g/mol. The first-order valence-electron chi connectivity index (χ1n) is 7.60. The average molecular weight is 318 g/mol. The molecule has 0 aliphatic rings. The lowest BCUT2D eigenvalue weighted by Crippen LogP contribution is -2.33. The van der Waals surface area contributed by atoms with E-state index < -0.39 is 11.0 Å². The number of rotatable bonds is 10. The van der Waals surface area contributed by atoms with Crippen LogP contribution in [-0.2, 0) is 28.5 Å². The Labute approximate surface area is 133 Å². The minimum absolute atomic E-state index is 0.0842. The molecular weight excluding hydrogens is 288 g/mol. The molecule has 0 aromatic carbocycles.